The summed E-state index contributed by atoms with van der Waals surface area (Å²) in [4.78, 5) is 16.3. The summed E-state index contributed by atoms with van der Waals surface area (Å²) >= 11 is 1.69. The molecule has 1 atom stereocenters. The van der Waals surface area contributed by atoms with E-state index in [1.807, 2.05) is 6.20 Å². The molecule has 3 N–H and O–H groups in total. The topological polar surface area (TPSA) is 68.0 Å². The molecule has 1 unspecified atom stereocenters. The Morgan fingerprint density at radius 3 is 2.81 bits per heavy atom. The normalized spacial score (nSPS) is 13.0. The lowest BCUT2D eigenvalue weighted by molar-refractivity contribution is -0.119. The van der Waals surface area contributed by atoms with Gasteiger partial charge >= 0.3 is 0 Å². The van der Waals surface area contributed by atoms with Crippen molar-refractivity contribution in [3.8, 4) is 0 Å². The van der Waals surface area contributed by atoms with Gasteiger partial charge in [-0.25, -0.2) is 4.98 Å². The number of hydrogen-bond acceptors (Lipinski definition) is 4. The highest BCUT2D eigenvalue weighted by atomic mass is 32.1. The monoisotopic (exact) mass is 241 g/mol. The van der Waals surface area contributed by atoms with Crippen molar-refractivity contribution in [1.82, 2.24) is 10.3 Å². The zero-order valence-corrected chi connectivity index (χ0v) is 10.8. The second kappa shape index (κ2) is 5.96. The molecule has 0 saturated heterocycles. The summed E-state index contributed by atoms with van der Waals surface area (Å²) in [5.41, 5.74) is 5.16. The third-order valence-electron chi connectivity index (χ3n) is 2.19. The van der Waals surface area contributed by atoms with Crippen molar-refractivity contribution < 1.29 is 4.79 Å². The summed E-state index contributed by atoms with van der Waals surface area (Å²) in [6.07, 6.45) is 2.87. The molecule has 0 saturated carbocycles. The van der Waals surface area contributed by atoms with Crippen LogP contribution >= 0.6 is 11.3 Å². The molecule has 16 heavy (non-hydrogen) atoms. The number of rotatable bonds is 6. The second-order valence-corrected chi connectivity index (χ2v) is 5.52. The van der Waals surface area contributed by atoms with E-state index >= 15 is 0 Å². The van der Waals surface area contributed by atoms with Gasteiger partial charge < -0.3 is 11.1 Å². The van der Waals surface area contributed by atoms with Crippen LogP contribution in [0.5, 0.6) is 0 Å². The van der Waals surface area contributed by atoms with Crippen molar-refractivity contribution in [3.05, 3.63) is 16.1 Å². The van der Waals surface area contributed by atoms with Crippen molar-refractivity contribution in [2.75, 3.05) is 0 Å². The van der Waals surface area contributed by atoms with Crippen molar-refractivity contribution in [2.45, 2.75) is 39.8 Å². The molecule has 1 aromatic heterocycles. The maximum absolute atomic E-state index is 10.8. The zero-order valence-electron chi connectivity index (χ0n) is 9.99. The number of carbonyl (C=O) groups excluding carboxylic acids is 1. The van der Waals surface area contributed by atoms with Crippen molar-refractivity contribution in [2.24, 2.45) is 11.7 Å². The van der Waals surface area contributed by atoms with E-state index in [0.29, 0.717) is 12.5 Å². The Hall–Kier alpha value is -0.940. The van der Waals surface area contributed by atoms with Crippen molar-refractivity contribution >= 4 is 17.2 Å². The number of aromatic nitrogens is 1. The van der Waals surface area contributed by atoms with E-state index in [-0.39, 0.29) is 11.9 Å². The maximum atomic E-state index is 10.8. The molecule has 1 aromatic rings. The molecule has 1 rings (SSSR count). The Kier molecular flexibility index (Phi) is 4.89. The first-order valence-electron chi connectivity index (χ1n) is 5.45. The predicted molar refractivity (Wildman–Crippen MR) is 66.2 cm³/mol. The molecule has 4 nitrogen and oxygen atoms in total. The molecule has 0 aromatic carbocycles. The highest BCUT2D eigenvalue weighted by Gasteiger charge is 2.09. The molecule has 0 spiro atoms. The van der Waals surface area contributed by atoms with Gasteiger partial charge in [-0.15, -0.1) is 11.3 Å². The average molecular weight is 241 g/mol. The first kappa shape index (κ1) is 13.1. The minimum absolute atomic E-state index is 0.296. The molecular weight excluding hydrogens is 222 g/mol. The van der Waals surface area contributed by atoms with E-state index in [4.69, 9.17) is 5.73 Å². The lowest BCUT2D eigenvalue weighted by Gasteiger charge is -2.07. The van der Waals surface area contributed by atoms with E-state index in [1.165, 1.54) is 0 Å². The van der Waals surface area contributed by atoms with E-state index in [9.17, 15) is 4.79 Å². The van der Waals surface area contributed by atoms with Crippen LogP contribution < -0.4 is 11.1 Å². The fourth-order valence-electron chi connectivity index (χ4n) is 1.23. The van der Waals surface area contributed by atoms with Crippen LogP contribution in [0.25, 0.3) is 0 Å². The van der Waals surface area contributed by atoms with Gasteiger partial charge in [-0.3, -0.25) is 4.79 Å². The molecule has 90 valence electrons. The third-order valence-corrected chi connectivity index (χ3v) is 3.21. The SMILES string of the molecule is CC(C)Cc1ncc(CNC(C)C(N)=O)s1. The van der Waals surface area contributed by atoms with E-state index in [0.717, 1.165) is 16.3 Å². The van der Waals surface area contributed by atoms with Crippen LogP contribution in [-0.2, 0) is 17.8 Å². The van der Waals surface area contributed by atoms with Crippen LogP contribution in [0.3, 0.4) is 0 Å². The Bertz CT molecular complexity index is 349. The highest BCUT2D eigenvalue weighted by molar-refractivity contribution is 7.11. The van der Waals surface area contributed by atoms with Crippen LogP contribution in [0.15, 0.2) is 6.20 Å². The summed E-state index contributed by atoms with van der Waals surface area (Å²) in [6, 6.07) is -0.296. The van der Waals surface area contributed by atoms with Gasteiger partial charge in [0.25, 0.3) is 0 Å². The standard InChI is InChI=1S/C11H19N3OS/c1-7(2)4-10-14-6-9(16-10)5-13-8(3)11(12)15/h6-8,13H,4-5H2,1-3H3,(H2,12,15). The van der Waals surface area contributed by atoms with Gasteiger partial charge in [0.05, 0.1) is 11.0 Å². The Morgan fingerprint density at radius 1 is 1.56 bits per heavy atom. The molecule has 1 amide bonds. The van der Waals surface area contributed by atoms with E-state index in [1.54, 1.807) is 18.3 Å². The summed E-state index contributed by atoms with van der Waals surface area (Å²) < 4.78 is 0. The number of nitrogens with zero attached hydrogens (tertiary/aromatic N) is 1. The van der Waals surface area contributed by atoms with Crippen LogP contribution in [0.1, 0.15) is 30.7 Å². The number of nitrogens with two attached hydrogens (primary N) is 1. The Balaban J connectivity index is 2.43. The molecule has 5 heteroatoms. The summed E-state index contributed by atoms with van der Waals surface area (Å²) in [6.45, 7) is 6.77. The Labute approximate surface area is 100 Å². The molecule has 0 aliphatic rings. The number of nitrogens with one attached hydrogen (secondary N) is 1. The number of hydrogen-bond donors (Lipinski definition) is 2. The van der Waals surface area contributed by atoms with Crippen LogP contribution in [-0.4, -0.2) is 16.9 Å². The van der Waals surface area contributed by atoms with Crippen molar-refractivity contribution in [3.63, 3.8) is 0 Å². The quantitative estimate of drug-likeness (QED) is 0.789. The molecule has 0 bridgehead atoms. The molecule has 1 heterocycles. The molecule has 0 radical (unpaired) electrons. The summed E-state index contributed by atoms with van der Waals surface area (Å²) in [5.74, 6) is 0.295. The molecule has 0 fully saturated rings. The smallest absolute Gasteiger partial charge is 0.234 e. The Morgan fingerprint density at radius 2 is 2.25 bits per heavy atom. The first-order valence-corrected chi connectivity index (χ1v) is 6.27. The first-order chi connectivity index (χ1) is 7.49. The lowest BCUT2D eigenvalue weighted by Crippen LogP contribution is -2.38. The minimum Gasteiger partial charge on any atom is -0.368 e. The third kappa shape index (κ3) is 4.28. The predicted octanol–water partition coefficient (Wildman–Crippen LogP) is 1.30. The van der Waals surface area contributed by atoms with Gasteiger partial charge in [-0.2, -0.15) is 0 Å². The van der Waals surface area contributed by atoms with Gasteiger partial charge in [-0.05, 0) is 12.8 Å². The zero-order chi connectivity index (χ0) is 12.1. The number of amides is 1. The van der Waals surface area contributed by atoms with Gasteiger partial charge in [0, 0.05) is 24.0 Å². The maximum Gasteiger partial charge on any atom is 0.234 e. The van der Waals surface area contributed by atoms with Crippen LogP contribution in [0.4, 0.5) is 0 Å². The molecular formula is C11H19N3OS. The summed E-state index contributed by atoms with van der Waals surface area (Å²) in [5, 5.41) is 4.21. The van der Waals surface area contributed by atoms with Crippen LogP contribution in [0, 0.1) is 5.92 Å². The number of thiazole rings is 1. The molecule has 0 aliphatic heterocycles. The second-order valence-electron chi connectivity index (χ2n) is 4.32. The number of primary amides is 1. The average Bonchev–Trinajstić information content (AvgIpc) is 2.60. The largest absolute Gasteiger partial charge is 0.368 e. The van der Waals surface area contributed by atoms with Gasteiger partial charge in [0.2, 0.25) is 5.91 Å². The minimum atomic E-state index is -0.327. The van der Waals surface area contributed by atoms with Gasteiger partial charge in [-0.1, -0.05) is 13.8 Å². The molecule has 0 aliphatic carbocycles. The van der Waals surface area contributed by atoms with E-state index in [2.05, 4.69) is 24.1 Å². The fraction of sp³-hybridized carbons (Fsp3) is 0.636. The number of carbonyl (C=O) groups is 1. The van der Waals surface area contributed by atoms with E-state index < -0.39 is 0 Å². The lowest BCUT2D eigenvalue weighted by atomic mass is 10.1. The highest BCUT2D eigenvalue weighted by Crippen LogP contribution is 2.16. The van der Waals surface area contributed by atoms with Gasteiger partial charge in [0.15, 0.2) is 0 Å². The van der Waals surface area contributed by atoms with Crippen LogP contribution in [0.2, 0.25) is 0 Å². The van der Waals surface area contributed by atoms with Gasteiger partial charge in [0.1, 0.15) is 0 Å². The fourth-order valence-corrected chi connectivity index (χ4v) is 2.31. The summed E-state index contributed by atoms with van der Waals surface area (Å²) in [7, 11) is 0. The van der Waals surface area contributed by atoms with Crippen molar-refractivity contribution in [1.29, 1.82) is 0 Å².